The van der Waals surface area contributed by atoms with Crippen LogP contribution in [-0.4, -0.2) is 34.3 Å². The van der Waals surface area contributed by atoms with E-state index in [4.69, 9.17) is 5.73 Å². The van der Waals surface area contributed by atoms with E-state index in [2.05, 4.69) is 20.1 Å². The summed E-state index contributed by atoms with van der Waals surface area (Å²) in [6.45, 7) is 1.94. The lowest BCUT2D eigenvalue weighted by molar-refractivity contribution is 0.497. The Morgan fingerprint density at radius 2 is 2.00 bits per heavy atom. The molecule has 2 aromatic rings. The number of hydrogen-bond acceptors (Lipinski definition) is 4. The highest BCUT2D eigenvalue weighted by Gasteiger charge is 2.17. The second kappa shape index (κ2) is 4.78. The molecule has 2 aromatic heterocycles. The summed E-state index contributed by atoms with van der Waals surface area (Å²) in [7, 11) is 0. The summed E-state index contributed by atoms with van der Waals surface area (Å²) >= 11 is 0. The summed E-state index contributed by atoms with van der Waals surface area (Å²) in [4.78, 5) is 5.37. The molecule has 0 amide bonds. The van der Waals surface area contributed by atoms with E-state index in [9.17, 15) is 0 Å². The van der Waals surface area contributed by atoms with Gasteiger partial charge in [0.05, 0.1) is 5.69 Å². The highest BCUT2D eigenvalue weighted by atomic mass is 15.3. The predicted molar refractivity (Wildman–Crippen MR) is 71.2 cm³/mol. The van der Waals surface area contributed by atoms with Gasteiger partial charge in [0.1, 0.15) is 5.69 Å². The third-order valence-electron chi connectivity index (χ3n) is 3.39. The number of aromatic amines is 1. The van der Waals surface area contributed by atoms with Gasteiger partial charge < -0.3 is 15.6 Å². The average Bonchev–Trinajstić information content (AvgIpc) is 2.94. The van der Waals surface area contributed by atoms with E-state index in [1.54, 1.807) is 0 Å². The van der Waals surface area contributed by atoms with Crippen LogP contribution < -0.4 is 10.6 Å². The van der Waals surface area contributed by atoms with Crippen LogP contribution in [0.4, 0.5) is 5.82 Å². The first kappa shape index (κ1) is 11.2. The quantitative estimate of drug-likeness (QED) is 0.836. The third-order valence-corrected chi connectivity index (χ3v) is 3.39. The molecule has 0 unspecified atom stereocenters. The van der Waals surface area contributed by atoms with Gasteiger partial charge in [-0.3, -0.25) is 0 Å². The molecule has 1 fully saturated rings. The molecule has 94 valence electrons. The number of hydrogen-bond donors (Lipinski definition) is 2. The summed E-state index contributed by atoms with van der Waals surface area (Å²) in [6.07, 6.45) is 3.94. The first-order valence-corrected chi connectivity index (χ1v) is 6.31. The Labute approximate surface area is 106 Å². The molecule has 18 heavy (non-hydrogen) atoms. The topological polar surface area (TPSA) is 70.8 Å². The van der Waals surface area contributed by atoms with Crippen molar-refractivity contribution in [3.05, 3.63) is 30.5 Å². The van der Waals surface area contributed by atoms with Crippen molar-refractivity contribution in [3.63, 3.8) is 0 Å². The Morgan fingerprint density at radius 1 is 1.17 bits per heavy atom. The van der Waals surface area contributed by atoms with Crippen molar-refractivity contribution < 1.29 is 0 Å². The fourth-order valence-electron chi connectivity index (χ4n) is 2.26. The molecule has 5 heteroatoms. The van der Waals surface area contributed by atoms with Crippen molar-refractivity contribution in [1.29, 1.82) is 0 Å². The van der Waals surface area contributed by atoms with Crippen molar-refractivity contribution in [2.45, 2.75) is 18.9 Å². The van der Waals surface area contributed by atoms with Gasteiger partial charge in [0.15, 0.2) is 5.82 Å². The standard InChI is InChI=1S/C13H17N5/c14-10-5-8-18(9-6-10)13-4-3-12(16-17-13)11-2-1-7-15-11/h1-4,7,10,15H,5-6,8-9,14H2. The van der Waals surface area contributed by atoms with Gasteiger partial charge >= 0.3 is 0 Å². The fourth-order valence-corrected chi connectivity index (χ4v) is 2.26. The van der Waals surface area contributed by atoms with Crippen molar-refractivity contribution in [2.24, 2.45) is 5.73 Å². The lowest BCUT2D eigenvalue weighted by atomic mass is 10.1. The zero-order chi connectivity index (χ0) is 12.4. The van der Waals surface area contributed by atoms with Crippen LogP contribution in [0.3, 0.4) is 0 Å². The van der Waals surface area contributed by atoms with Crippen molar-refractivity contribution >= 4 is 5.82 Å². The highest BCUT2D eigenvalue weighted by molar-refractivity contribution is 5.55. The van der Waals surface area contributed by atoms with Gasteiger partial charge in [0.2, 0.25) is 0 Å². The molecule has 3 N–H and O–H groups in total. The maximum atomic E-state index is 5.90. The molecule has 3 rings (SSSR count). The first-order valence-electron chi connectivity index (χ1n) is 6.31. The minimum Gasteiger partial charge on any atom is -0.360 e. The molecule has 0 spiro atoms. The maximum Gasteiger partial charge on any atom is 0.151 e. The molecule has 3 heterocycles. The largest absolute Gasteiger partial charge is 0.360 e. The molecule has 0 atom stereocenters. The Kier molecular flexibility index (Phi) is 2.98. The number of anilines is 1. The van der Waals surface area contributed by atoms with Crippen molar-refractivity contribution in [1.82, 2.24) is 15.2 Å². The van der Waals surface area contributed by atoms with Crippen LogP contribution in [0, 0.1) is 0 Å². The minimum atomic E-state index is 0.340. The number of nitrogens with two attached hydrogens (primary N) is 1. The summed E-state index contributed by atoms with van der Waals surface area (Å²) in [5.41, 5.74) is 7.76. The summed E-state index contributed by atoms with van der Waals surface area (Å²) < 4.78 is 0. The second-order valence-electron chi connectivity index (χ2n) is 4.69. The van der Waals surface area contributed by atoms with E-state index in [1.807, 2.05) is 30.5 Å². The van der Waals surface area contributed by atoms with Gasteiger partial charge in [-0.05, 0) is 37.1 Å². The first-order chi connectivity index (χ1) is 8.83. The van der Waals surface area contributed by atoms with Crippen LogP contribution >= 0.6 is 0 Å². The van der Waals surface area contributed by atoms with E-state index in [-0.39, 0.29) is 0 Å². The van der Waals surface area contributed by atoms with Crippen LogP contribution in [0.15, 0.2) is 30.5 Å². The third kappa shape index (κ3) is 2.22. The molecule has 0 aromatic carbocycles. The zero-order valence-electron chi connectivity index (χ0n) is 10.2. The van der Waals surface area contributed by atoms with Crippen LogP contribution in [-0.2, 0) is 0 Å². The summed E-state index contributed by atoms with van der Waals surface area (Å²) in [6, 6.07) is 8.32. The second-order valence-corrected chi connectivity index (χ2v) is 4.69. The van der Waals surface area contributed by atoms with Crippen molar-refractivity contribution in [3.8, 4) is 11.4 Å². The molecule has 0 radical (unpaired) electrons. The zero-order valence-corrected chi connectivity index (χ0v) is 10.2. The van der Waals surface area contributed by atoms with Crippen LogP contribution in [0.5, 0.6) is 0 Å². The Morgan fingerprint density at radius 3 is 2.61 bits per heavy atom. The van der Waals surface area contributed by atoms with E-state index < -0.39 is 0 Å². The van der Waals surface area contributed by atoms with E-state index in [0.717, 1.165) is 43.1 Å². The molecule has 1 aliphatic heterocycles. The van der Waals surface area contributed by atoms with E-state index in [1.165, 1.54) is 0 Å². The van der Waals surface area contributed by atoms with E-state index >= 15 is 0 Å². The Hall–Kier alpha value is -1.88. The van der Waals surface area contributed by atoms with E-state index in [0.29, 0.717) is 6.04 Å². The average molecular weight is 243 g/mol. The number of nitrogens with zero attached hydrogens (tertiary/aromatic N) is 3. The van der Waals surface area contributed by atoms with Gasteiger partial charge in [-0.25, -0.2) is 0 Å². The van der Waals surface area contributed by atoms with Gasteiger partial charge in [-0.2, -0.15) is 0 Å². The molecule has 0 aliphatic carbocycles. The minimum absolute atomic E-state index is 0.340. The summed E-state index contributed by atoms with van der Waals surface area (Å²) in [5.74, 6) is 0.942. The molecule has 1 saturated heterocycles. The number of H-pyrrole nitrogens is 1. The monoisotopic (exact) mass is 243 g/mol. The SMILES string of the molecule is NC1CCN(c2ccc(-c3ccc[nH]3)nn2)CC1. The Bertz CT molecular complexity index is 483. The van der Waals surface area contributed by atoms with Gasteiger partial charge in [-0.1, -0.05) is 0 Å². The van der Waals surface area contributed by atoms with Crippen LogP contribution in [0.25, 0.3) is 11.4 Å². The molecule has 5 nitrogen and oxygen atoms in total. The predicted octanol–water partition coefficient (Wildman–Crippen LogP) is 1.40. The maximum absolute atomic E-state index is 5.90. The number of rotatable bonds is 2. The summed E-state index contributed by atoms with van der Waals surface area (Å²) in [5, 5.41) is 8.56. The van der Waals surface area contributed by atoms with Gasteiger partial charge in [0, 0.05) is 25.3 Å². The fraction of sp³-hybridized carbons (Fsp3) is 0.385. The van der Waals surface area contributed by atoms with Crippen molar-refractivity contribution in [2.75, 3.05) is 18.0 Å². The number of piperidine rings is 1. The molecular weight excluding hydrogens is 226 g/mol. The normalized spacial score (nSPS) is 17.1. The Balaban J connectivity index is 1.75. The molecule has 1 aliphatic rings. The lowest BCUT2D eigenvalue weighted by Gasteiger charge is -2.30. The van der Waals surface area contributed by atoms with Crippen LogP contribution in [0.1, 0.15) is 12.8 Å². The number of aromatic nitrogens is 3. The number of nitrogens with one attached hydrogen (secondary N) is 1. The molecule has 0 saturated carbocycles. The van der Waals surface area contributed by atoms with Gasteiger partial charge in [0.25, 0.3) is 0 Å². The smallest absolute Gasteiger partial charge is 0.151 e. The molecular formula is C13H17N5. The van der Waals surface area contributed by atoms with Gasteiger partial charge in [-0.15, -0.1) is 10.2 Å². The highest BCUT2D eigenvalue weighted by Crippen LogP contribution is 2.19. The lowest BCUT2D eigenvalue weighted by Crippen LogP contribution is -2.40. The van der Waals surface area contributed by atoms with Crippen LogP contribution in [0.2, 0.25) is 0 Å². The molecule has 0 bridgehead atoms.